The molecule has 0 radical (unpaired) electrons. The Hall–Kier alpha value is -0.800. The number of hydrogen-bond donors (Lipinski definition) is 1. The molecular weight excluding hydrogens is 223 g/mol. The summed E-state index contributed by atoms with van der Waals surface area (Å²) in [4.78, 5) is 3.87. The van der Waals surface area contributed by atoms with Crippen LogP contribution in [0.5, 0.6) is 0 Å². The number of halogens is 2. The molecule has 0 saturated heterocycles. The van der Waals surface area contributed by atoms with Gasteiger partial charge in [-0.25, -0.2) is 4.98 Å². The average molecular weight is 233 g/mol. The Morgan fingerprint density at radius 2 is 2.29 bits per heavy atom. The van der Waals surface area contributed by atoms with Gasteiger partial charge in [0.25, 0.3) is 0 Å². The molecular formula is C9H10Cl2N2O. The van der Waals surface area contributed by atoms with Crippen molar-refractivity contribution in [2.45, 2.75) is 13.3 Å². The maximum atomic E-state index is 7.42. The van der Waals surface area contributed by atoms with Crippen LogP contribution in [0.3, 0.4) is 0 Å². The summed E-state index contributed by atoms with van der Waals surface area (Å²) in [6, 6.07) is 1.68. The molecule has 0 aliphatic heterocycles. The highest BCUT2D eigenvalue weighted by atomic mass is 35.5. The van der Waals surface area contributed by atoms with E-state index in [9.17, 15) is 0 Å². The fourth-order valence-corrected chi connectivity index (χ4v) is 1.26. The zero-order valence-corrected chi connectivity index (χ0v) is 9.19. The van der Waals surface area contributed by atoms with Gasteiger partial charge >= 0.3 is 0 Å². The first-order valence-electron chi connectivity index (χ1n) is 4.13. The van der Waals surface area contributed by atoms with Crippen LogP contribution in [-0.4, -0.2) is 17.5 Å². The predicted molar refractivity (Wildman–Crippen MR) is 57.3 cm³/mol. The third-order valence-corrected chi connectivity index (χ3v) is 2.22. The number of hydrogen-bond acceptors (Lipinski definition) is 3. The Morgan fingerprint density at radius 3 is 2.86 bits per heavy atom. The van der Waals surface area contributed by atoms with Gasteiger partial charge in [-0.2, -0.15) is 0 Å². The van der Waals surface area contributed by atoms with Crippen LogP contribution in [0, 0.1) is 5.41 Å². The molecule has 14 heavy (non-hydrogen) atoms. The lowest BCUT2D eigenvalue weighted by atomic mass is 10.2. The van der Waals surface area contributed by atoms with E-state index in [1.54, 1.807) is 12.3 Å². The van der Waals surface area contributed by atoms with Crippen LogP contribution in [0.1, 0.15) is 12.5 Å². The fourth-order valence-electron chi connectivity index (χ4n) is 0.968. The number of aromatic nitrogens is 1. The van der Waals surface area contributed by atoms with Crippen molar-refractivity contribution >= 4 is 29.1 Å². The molecule has 76 valence electrons. The van der Waals surface area contributed by atoms with Gasteiger partial charge in [0.05, 0.1) is 11.6 Å². The summed E-state index contributed by atoms with van der Waals surface area (Å²) in [7, 11) is 0. The van der Waals surface area contributed by atoms with Crippen LogP contribution in [0.15, 0.2) is 12.3 Å². The van der Waals surface area contributed by atoms with Crippen LogP contribution < -0.4 is 0 Å². The molecule has 0 aromatic carbocycles. The van der Waals surface area contributed by atoms with Gasteiger partial charge in [0, 0.05) is 12.6 Å². The molecule has 0 unspecified atom stereocenters. The van der Waals surface area contributed by atoms with Crippen molar-refractivity contribution in [3.8, 4) is 0 Å². The summed E-state index contributed by atoms with van der Waals surface area (Å²) in [5, 5.41) is 8.10. The molecule has 0 amide bonds. The summed E-state index contributed by atoms with van der Waals surface area (Å²) in [6.07, 6.45) is 1.97. The quantitative estimate of drug-likeness (QED) is 0.495. The van der Waals surface area contributed by atoms with E-state index in [4.69, 9.17) is 33.3 Å². The third kappa shape index (κ3) is 3.16. The van der Waals surface area contributed by atoms with Crippen LogP contribution in [-0.2, 0) is 11.2 Å². The molecule has 1 heterocycles. The van der Waals surface area contributed by atoms with E-state index in [1.165, 1.54) is 0 Å². The molecule has 1 aromatic heterocycles. The van der Waals surface area contributed by atoms with E-state index in [1.807, 2.05) is 6.92 Å². The lowest BCUT2D eigenvalue weighted by molar-refractivity contribution is 0.317. The summed E-state index contributed by atoms with van der Waals surface area (Å²) < 4.78 is 5.00. The smallest absolute Gasteiger partial charge is 0.184 e. The van der Waals surface area contributed by atoms with Crippen molar-refractivity contribution in [2.24, 2.45) is 0 Å². The minimum Gasteiger partial charge on any atom is -0.481 e. The van der Waals surface area contributed by atoms with Crippen molar-refractivity contribution in [3.05, 3.63) is 28.0 Å². The number of pyridine rings is 1. The van der Waals surface area contributed by atoms with E-state index in [2.05, 4.69) is 4.98 Å². The van der Waals surface area contributed by atoms with Gasteiger partial charge in [-0.15, -0.1) is 0 Å². The maximum absolute atomic E-state index is 7.42. The lowest BCUT2D eigenvalue weighted by Crippen LogP contribution is -2.06. The Morgan fingerprint density at radius 1 is 1.57 bits per heavy atom. The first-order chi connectivity index (χ1) is 6.63. The second kappa shape index (κ2) is 5.17. The second-order valence-corrected chi connectivity index (χ2v) is 3.41. The third-order valence-electron chi connectivity index (χ3n) is 1.54. The molecule has 0 saturated carbocycles. The molecule has 0 aliphatic carbocycles. The lowest BCUT2D eigenvalue weighted by Gasteiger charge is -2.05. The number of nitrogens with one attached hydrogen (secondary N) is 1. The first-order valence-corrected chi connectivity index (χ1v) is 4.89. The largest absolute Gasteiger partial charge is 0.481 e. The van der Waals surface area contributed by atoms with E-state index < -0.39 is 0 Å². The molecule has 0 aliphatic rings. The zero-order valence-electron chi connectivity index (χ0n) is 7.68. The molecule has 3 nitrogen and oxygen atoms in total. The Kier molecular flexibility index (Phi) is 4.17. The summed E-state index contributed by atoms with van der Waals surface area (Å²) >= 11 is 11.4. The van der Waals surface area contributed by atoms with E-state index in [0.29, 0.717) is 18.1 Å². The molecule has 5 heteroatoms. The fraction of sp³-hybridized carbons (Fsp3) is 0.333. The van der Waals surface area contributed by atoms with Crippen molar-refractivity contribution in [1.29, 1.82) is 5.41 Å². The Bertz CT molecular complexity index is 342. The van der Waals surface area contributed by atoms with Crippen LogP contribution in [0.4, 0.5) is 0 Å². The monoisotopic (exact) mass is 232 g/mol. The molecule has 0 atom stereocenters. The van der Waals surface area contributed by atoms with Crippen molar-refractivity contribution in [1.82, 2.24) is 4.98 Å². The summed E-state index contributed by atoms with van der Waals surface area (Å²) in [5.74, 6) is 0.202. The van der Waals surface area contributed by atoms with Crippen LogP contribution >= 0.6 is 23.2 Å². The van der Waals surface area contributed by atoms with Gasteiger partial charge in [-0.05, 0) is 18.6 Å². The highest BCUT2D eigenvalue weighted by Gasteiger charge is 2.04. The minimum absolute atomic E-state index is 0.202. The van der Waals surface area contributed by atoms with E-state index in [-0.39, 0.29) is 11.1 Å². The standard InChI is InChI=1S/C9H10Cl2N2O/c1-2-14-8(12)4-6-3-7(10)9(11)13-5-6/h3,5,12H,2,4H2,1H3. The Balaban J connectivity index is 2.68. The Labute approximate surface area is 92.5 Å². The molecule has 0 spiro atoms. The minimum atomic E-state index is 0.202. The first kappa shape index (κ1) is 11.3. The van der Waals surface area contributed by atoms with Gasteiger partial charge in [0.1, 0.15) is 5.15 Å². The van der Waals surface area contributed by atoms with Crippen LogP contribution in [0.2, 0.25) is 10.2 Å². The molecule has 0 fully saturated rings. The van der Waals surface area contributed by atoms with Gasteiger partial charge in [-0.1, -0.05) is 23.2 Å². The molecule has 0 bridgehead atoms. The van der Waals surface area contributed by atoms with Gasteiger partial charge in [0.2, 0.25) is 0 Å². The highest BCUT2D eigenvalue weighted by molar-refractivity contribution is 6.41. The number of rotatable bonds is 3. The van der Waals surface area contributed by atoms with Crippen molar-refractivity contribution in [2.75, 3.05) is 6.61 Å². The maximum Gasteiger partial charge on any atom is 0.184 e. The average Bonchev–Trinajstić information content (AvgIpc) is 2.12. The van der Waals surface area contributed by atoms with Crippen LogP contribution in [0.25, 0.3) is 0 Å². The molecule has 1 N–H and O–H groups in total. The van der Waals surface area contributed by atoms with E-state index >= 15 is 0 Å². The van der Waals surface area contributed by atoms with Gasteiger partial charge in [0.15, 0.2) is 5.90 Å². The van der Waals surface area contributed by atoms with Crippen molar-refractivity contribution < 1.29 is 4.74 Å². The predicted octanol–water partition coefficient (Wildman–Crippen LogP) is 2.94. The summed E-state index contributed by atoms with van der Waals surface area (Å²) in [5.41, 5.74) is 0.817. The van der Waals surface area contributed by atoms with Gasteiger partial charge in [-0.3, -0.25) is 5.41 Å². The highest BCUT2D eigenvalue weighted by Crippen LogP contribution is 2.19. The second-order valence-electron chi connectivity index (χ2n) is 2.65. The van der Waals surface area contributed by atoms with Crippen molar-refractivity contribution in [3.63, 3.8) is 0 Å². The summed E-state index contributed by atoms with van der Waals surface area (Å²) in [6.45, 7) is 2.33. The normalized spacial score (nSPS) is 9.93. The SMILES string of the molecule is CCOC(=N)Cc1cnc(Cl)c(Cl)c1. The topological polar surface area (TPSA) is 46.0 Å². The van der Waals surface area contributed by atoms with E-state index in [0.717, 1.165) is 5.56 Å². The zero-order chi connectivity index (χ0) is 10.6. The number of nitrogens with zero attached hydrogens (tertiary/aromatic N) is 1. The van der Waals surface area contributed by atoms with Gasteiger partial charge < -0.3 is 4.74 Å². The molecule has 1 rings (SSSR count). The molecule has 1 aromatic rings. The number of ether oxygens (including phenoxy) is 1.